The van der Waals surface area contributed by atoms with E-state index in [4.69, 9.17) is 6.42 Å². The average Bonchev–Trinajstić information content (AvgIpc) is 2.67. The molecular formula is C24H10N2O2. The summed E-state index contributed by atoms with van der Waals surface area (Å²) in [7, 11) is 0. The second kappa shape index (κ2) is 13.1. The van der Waals surface area contributed by atoms with Crippen molar-refractivity contribution in [3.05, 3.63) is 23.8 Å². The van der Waals surface area contributed by atoms with Crippen LogP contribution in [0.15, 0.2) is 18.2 Å². The van der Waals surface area contributed by atoms with Gasteiger partial charge in [-0.25, -0.2) is 4.79 Å². The van der Waals surface area contributed by atoms with Crippen LogP contribution in [0.4, 0.5) is 10.5 Å². The Kier molecular flexibility index (Phi) is 9.74. The molecule has 0 saturated heterocycles. The summed E-state index contributed by atoms with van der Waals surface area (Å²) in [5, 5.41) is 14.4. The van der Waals surface area contributed by atoms with Gasteiger partial charge in [0.05, 0.1) is 5.69 Å². The SMILES string of the molecule is C#CC#CC#CC#CC#CC#CC#CC#CNC(=O)Nc1cc(C)ccc1O. The Labute approximate surface area is 164 Å². The summed E-state index contributed by atoms with van der Waals surface area (Å²) in [5.74, 6) is 33.7. The first kappa shape index (κ1) is 20.8. The Hall–Kier alpha value is -5.23. The maximum absolute atomic E-state index is 11.6. The maximum Gasteiger partial charge on any atom is 0.330 e. The number of nitrogens with one attached hydrogen (secondary N) is 2. The maximum atomic E-state index is 11.6. The molecule has 1 aromatic carbocycles. The van der Waals surface area contributed by atoms with Crippen molar-refractivity contribution in [2.45, 2.75) is 6.92 Å². The molecule has 1 rings (SSSR count). The molecule has 0 aliphatic rings. The molecule has 2 amide bonds. The van der Waals surface area contributed by atoms with Crippen molar-refractivity contribution in [1.29, 1.82) is 0 Å². The fraction of sp³-hybridized carbons (Fsp3) is 0.0417. The molecule has 4 heteroatoms. The monoisotopic (exact) mass is 358 g/mol. The van der Waals surface area contributed by atoms with Gasteiger partial charge in [-0.15, -0.1) is 6.42 Å². The Morgan fingerprint density at radius 2 is 1.36 bits per heavy atom. The highest BCUT2D eigenvalue weighted by Gasteiger charge is 2.04. The quantitative estimate of drug-likeness (QED) is 0.404. The summed E-state index contributed by atoms with van der Waals surface area (Å²) < 4.78 is 0. The van der Waals surface area contributed by atoms with Crippen molar-refractivity contribution < 1.29 is 9.90 Å². The number of anilines is 1. The minimum Gasteiger partial charge on any atom is -0.506 e. The highest BCUT2D eigenvalue weighted by Crippen LogP contribution is 2.23. The van der Waals surface area contributed by atoms with E-state index in [0.29, 0.717) is 0 Å². The van der Waals surface area contributed by atoms with Crippen molar-refractivity contribution in [2.24, 2.45) is 0 Å². The van der Waals surface area contributed by atoms with Crippen LogP contribution in [-0.4, -0.2) is 11.1 Å². The second-order valence-electron chi connectivity index (χ2n) is 4.49. The number of carbonyl (C=O) groups excluding carboxylic acids is 1. The first-order valence-corrected chi connectivity index (χ1v) is 7.45. The lowest BCUT2D eigenvalue weighted by atomic mass is 10.2. The van der Waals surface area contributed by atoms with Crippen LogP contribution < -0.4 is 10.6 Å². The zero-order valence-corrected chi connectivity index (χ0v) is 14.7. The number of urea groups is 1. The highest BCUT2D eigenvalue weighted by atomic mass is 16.3. The van der Waals surface area contributed by atoms with Crippen LogP contribution in [0.1, 0.15) is 5.56 Å². The summed E-state index contributed by atoms with van der Waals surface area (Å²) in [6, 6.07) is 6.58. The van der Waals surface area contributed by atoms with Crippen LogP contribution in [0.2, 0.25) is 0 Å². The van der Waals surface area contributed by atoms with Gasteiger partial charge >= 0.3 is 6.03 Å². The topological polar surface area (TPSA) is 61.4 Å². The largest absolute Gasteiger partial charge is 0.506 e. The molecule has 3 N–H and O–H groups in total. The third-order valence-corrected chi connectivity index (χ3v) is 2.46. The van der Waals surface area contributed by atoms with E-state index in [0.717, 1.165) is 5.56 Å². The van der Waals surface area contributed by atoms with E-state index >= 15 is 0 Å². The minimum atomic E-state index is -0.598. The van der Waals surface area contributed by atoms with E-state index in [1.165, 1.54) is 6.07 Å². The van der Waals surface area contributed by atoms with Gasteiger partial charge in [-0.3, -0.25) is 5.32 Å². The number of aromatic hydroxyl groups is 1. The van der Waals surface area contributed by atoms with Gasteiger partial charge in [-0.05, 0) is 66.1 Å². The number of hydrogen-bond acceptors (Lipinski definition) is 2. The van der Waals surface area contributed by atoms with Crippen LogP contribution in [0.25, 0.3) is 0 Å². The fourth-order valence-corrected chi connectivity index (χ4v) is 1.40. The van der Waals surface area contributed by atoms with Gasteiger partial charge in [-0.1, -0.05) is 6.07 Å². The second-order valence-corrected chi connectivity index (χ2v) is 4.49. The van der Waals surface area contributed by atoms with E-state index in [-0.39, 0.29) is 11.4 Å². The molecule has 0 saturated carbocycles. The molecule has 0 aliphatic heterocycles. The van der Waals surface area contributed by atoms with Crippen molar-refractivity contribution in [2.75, 3.05) is 5.32 Å². The minimum absolute atomic E-state index is 0.0424. The number of aryl methyl sites for hydroxylation is 1. The zero-order valence-electron chi connectivity index (χ0n) is 14.7. The van der Waals surface area contributed by atoms with Crippen LogP contribution >= 0.6 is 0 Å². The lowest BCUT2D eigenvalue weighted by Gasteiger charge is -2.06. The molecule has 128 valence electrons. The molecule has 0 fully saturated rings. The van der Waals surface area contributed by atoms with Gasteiger partial charge in [0, 0.05) is 47.5 Å². The Morgan fingerprint density at radius 1 is 0.857 bits per heavy atom. The third kappa shape index (κ3) is 9.81. The van der Waals surface area contributed by atoms with E-state index in [2.05, 4.69) is 99.6 Å². The Morgan fingerprint density at radius 3 is 1.89 bits per heavy atom. The summed E-state index contributed by atoms with van der Waals surface area (Å²) >= 11 is 0. The van der Waals surface area contributed by atoms with Gasteiger partial charge in [0.15, 0.2) is 0 Å². The molecule has 4 nitrogen and oxygen atoms in total. The van der Waals surface area contributed by atoms with Crippen molar-refractivity contribution >= 4 is 11.7 Å². The molecule has 0 atom stereocenters. The van der Waals surface area contributed by atoms with Crippen molar-refractivity contribution in [1.82, 2.24) is 5.32 Å². The molecule has 0 bridgehead atoms. The Bertz CT molecular complexity index is 1250. The first-order chi connectivity index (χ1) is 13.6. The molecule has 0 radical (unpaired) electrons. The van der Waals surface area contributed by atoms with Crippen molar-refractivity contribution in [3.8, 4) is 101 Å². The normalized spacial score (nSPS) is 6.43. The summed E-state index contributed by atoms with van der Waals surface area (Å²) in [6.45, 7) is 1.84. The number of terminal acetylenes is 1. The predicted octanol–water partition coefficient (Wildman–Crippen LogP) is 1.44. The highest BCUT2D eigenvalue weighted by molar-refractivity contribution is 5.92. The fourth-order valence-electron chi connectivity index (χ4n) is 1.40. The van der Waals surface area contributed by atoms with Crippen molar-refractivity contribution in [3.63, 3.8) is 0 Å². The van der Waals surface area contributed by atoms with Gasteiger partial charge in [0.1, 0.15) is 5.75 Å². The Balaban J connectivity index is 2.46. The van der Waals surface area contributed by atoms with E-state index < -0.39 is 6.03 Å². The van der Waals surface area contributed by atoms with E-state index in [1.807, 2.05) is 6.92 Å². The van der Waals surface area contributed by atoms with E-state index in [9.17, 15) is 9.90 Å². The lowest BCUT2D eigenvalue weighted by molar-refractivity contribution is 0.255. The average molecular weight is 358 g/mol. The molecule has 1 aromatic rings. The van der Waals surface area contributed by atoms with Crippen LogP contribution in [0, 0.1) is 102 Å². The van der Waals surface area contributed by atoms with Gasteiger partial charge in [-0.2, -0.15) is 0 Å². The molecule has 0 aliphatic carbocycles. The number of amides is 2. The standard InChI is InChI=1S/C24H10N2O2/c1-3-4-5-6-7-8-9-10-11-12-13-14-15-16-19-25-24(28)26-22-20-21(2)17-18-23(22)27/h1,17-18,20,27H,2H3,(H2,25,26,28). The van der Waals surface area contributed by atoms with Crippen LogP contribution in [-0.2, 0) is 0 Å². The number of hydrogen-bond donors (Lipinski definition) is 3. The molecule has 28 heavy (non-hydrogen) atoms. The molecule has 0 spiro atoms. The first-order valence-electron chi connectivity index (χ1n) is 7.45. The number of carbonyl (C=O) groups is 1. The van der Waals surface area contributed by atoms with Gasteiger partial charge in [0.25, 0.3) is 0 Å². The van der Waals surface area contributed by atoms with Crippen LogP contribution in [0.3, 0.4) is 0 Å². The predicted molar refractivity (Wildman–Crippen MR) is 108 cm³/mol. The lowest BCUT2D eigenvalue weighted by Crippen LogP contribution is -2.24. The van der Waals surface area contributed by atoms with E-state index in [1.54, 1.807) is 12.1 Å². The third-order valence-electron chi connectivity index (χ3n) is 2.46. The zero-order chi connectivity index (χ0) is 20.5. The number of rotatable bonds is 1. The molecule has 0 heterocycles. The summed E-state index contributed by atoms with van der Waals surface area (Å²) in [6.07, 6.45) is 4.91. The summed E-state index contributed by atoms with van der Waals surface area (Å²) in [4.78, 5) is 11.6. The molecular weight excluding hydrogens is 348 g/mol. The van der Waals surface area contributed by atoms with Crippen LogP contribution in [0.5, 0.6) is 5.75 Å². The summed E-state index contributed by atoms with van der Waals surface area (Å²) in [5.41, 5.74) is 1.17. The number of benzene rings is 1. The number of phenols is 1. The van der Waals surface area contributed by atoms with Gasteiger partial charge < -0.3 is 10.4 Å². The number of phenolic OH excluding ortho intramolecular Hbond substituents is 1. The molecule has 0 aromatic heterocycles. The smallest absolute Gasteiger partial charge is 0.330 e. The van der Waals surface area contributed by atoms with Gasteiger partial charge in [0.2, 0.25) is 0 Å². The molecule has 0 unspecified atom stereocenters.